The van der Waals surface area contributed by atoms with E-state index in [0.29, 0.717) is 17.7 Å². The molecule has 0 fully saturated rings. The first kappa shape index (κ1) is 15.9. The van der Waals surface area contributed by atoms with Crippen molar-refractivity contribution in [3.63, 3.8) is 0 Å². The lowest BCUT2D eigenvalue weighted by Crippen LogP contribution is -2.24. The minimum absolute atomic E-state index is 0.512. The molecule has 0 saturated carbocycles. The minimum atomic E-state index is 0.512. The van der Waals surface area contributed by atoms with E-state index < -0.39 is 0 Å². The Morgan fingerprint density at radius 2 is 1.86 bits per heavy atom. The van der Waals surface area contributed by atoms with Crippen LogP contribution in [0.3, 0.4) is 0 Å². The van der Waals surface area contributed by atoms with Crippen LogP contribution in [0.2, 0.25) is 5.02 Å². The molecule has 2 aromatic rings. The molecule has 0 bridgehead atoms. The molecule has 0 unspecified atom stereocenters. The average Bonchev–Trinajstić information content (AvgIpc) is 2.52. The Kier molecular flexibility index (Phi) is 6.09. The van der Waals surface area contributed by atoms with Gasteiger partial charge in [0.15, 0.2) is 0 Å². The molecule has 0 aliphatic rings. The summed E-state index contributed by atoms with van der Waals surface area (Å²) in [6.07, 6.45) is 1.12. The summed E-state index contributed by atoms with van der Waals surface area (Å²) in [4.78, 5) is 0. The molecule has 3 heteroatoms. The van der Waals surface area contributed by atoms with E-state index in [0.717, 1.165) is 24.3 Å². The number of nitrogens with one attached hydrogen (secondary N) is 1. The normalized spacial score (nSPS) is 12.1. The highest BCUT2D eigenvalue weighted by Gasteiger charge is 2.05. The largest absolute Gasteiger partial charge is 0.487 e. The number of halogens is 1. The van der Waals surface area contributed by atoms with Crippen LogP contribution in [0.5, 0.6) is 5.75 Å². The van der Waals surface area contributed by atoms with Gasteiger partial charge in [-0.2, -0.15) is 0 Å². The number of hydrogen-bond donors (Lipinski definition) is 1. The Labute approximate surface area is 132 Å². The van der Waals surface area contributed by atoms with Crippen LogP contribution in [-0.4, -0.2) is 6.04 Å². The van der Waals surface area contributed by atoms with Crippen molar-refractivity contribution in [3.05, 3.63) is 64.7 Å². The molecule has 0 aromatic heterocycles. The zero-order chi connectivity index (χ0) is 15.1. The Hall–Kier alpha value is -1.51. The molecule has 0 saturated heterocycles. The number of benzene rings is 2. The van der Waals surface area contributed by atoms with Crippen LogP contribution in [0.25, 0.3) is 0 Å². The van der Waals surface area contributed by atoms with E-state index in [-0.39, 0.29) is 0 Å². The lowest BCUT2D eigenvalue weighted by atomic mass is 10.2. The Balaban J connectivity index is 1.93. The van der Waals surface area contributed by atoms with Gasteiger partial charge in [0.1, 0.15) is 12.4 Å². The van der Waals surface area contributed by atoms with Crippen LogP contribution < -0.4 is 10.1 Å². The zero-order valence-electron chi connectivity index (χ0n) is 12.6. The fraction of sp³-hybridized carbons (Fsp3) is 0.333. The van der Waals surface area contributed by atoms with Crippen LogP contribution in [0, 0.1) is 0 Å². The van der Waals surface area contributed by atoms with Gasteiger partial charge >= 0.3 is 0 Å². The van der Waals surface area contributed by atoms with Crippen molar-refractivity contribution in [1.82, 2.24) is 5.32 Å². The van der Waals surface area contributed by atoms with Gasteiger partial charge < -0.3 is 10.1 Å². The van der Waals surface area contributed by atoms with Gasteiger partial charge in [-0.1, -0.05) is 54.9 Å². The Bertz CT molecular complexity index is 556. The molecule has 1 atom stereocenters. The minimum Gasteiger partial charge on any atom is -0.487 e. The van der Waals surface area contributed by atoms with Gasteiger partial charge in [-0.05, 0) is 36.6 Å². The van der Waals surface area contributed by atoms with Gasteiger partial charge in [-0.25, -0.2) is 0 Å². The standard InChI is InChI=1S/C18H22ClNO/c1-3-14(2)20-12-16-9-10-18(17(19)11-16)21-13-15-7-5-4-6-8-15/h4-11,14,20H,3,12-13H2,1-2H3/t14-/m0/s1. The quantitative estimate of drug-likeness (QED) is 0.793. The van der Waals surface area contributed by atoms with Crippen molar-refractivity contribution in [2.24, 2.45) is 0 Å². The predicted octanol–water partition coefficient (Wildman–Crippen LogP) is 4.81. The van der Waals surface area contributed by atoms with Gasteiger partial charge in [0.2, 0.25) is 0 Å². The number of rotatable bonds is 7. The second kappa shape index (κ2) is 8.06. The van der Waals surface area contributed by atoms with Crippen LogP contribution >= 0.6 is 11.6 Å². The highest BCUT2D eigenvalue weighted by molar-refractivity contribution is 6.32. The summed E-state index contributed by atoms with van der Waals surface area (Å²) in [6, 6.07) is 16.6. The third-order valence-electron chi connectivity index (χ3n) is 3.50. The van der Waals surface area contributed by atoms with E-state index >= 15 is 0 Å². The molecular weight excluding hydrogens is 282 g/mol. The lowest BCUT2D eigenvalue weighted by Gasteiger charge is -2.13. The number of ether oxygens (including phenoxy) is 1. The van der Waals surface area contributed by atoms with Crippen molar-refractivity contribution in [1.29, 1.82) is 0 Å². The zero-order valence-corrected chi connectivity index (χ0v) is 13.4. The molecule has 0 aliphatic heterocycles. The summed E-state index contributed by atoms with van der Waals surface area (Å²) < 4.78 is 5.77. The molecular formula is C18H22ClNO. The van der Waals surface area contributed by atoms with E-state index in [4.69, 9.17) is 16.3 Å². The lowest BCUT2D eigenvalue weighted by molar-refractivity contribution is 0.306. The summed E-state index contributed by atoms with van der Waals surface area (Å²) in [6.45, 7) is 5.71. The van der Waals surface area contributed by atoms with Crippen molar-refractivity contribution in [2.75, 3.05) is 0 Å². The SMILES string of the molecule is CC[C@H](C)NCc1ccc(OCc2ccccc2)c(Cl)c1. The fourth-order valence-electron chi connectivity index (χ4n) is 1.94. The molecule has 0 radical (unpaired) electrons. The topological polar surface area (TPSA) is 21.3 Å². The van der Waals surface area contributed by atoms with Crippen molar-refractivity contribution < 1.29 is 4.74 Å². The van der Waals surface area contributed by atoms with Crippen LogP contribution in [-0.2, 0) is 13.2 Å². The second-order valence-corrected chi connectivity index (χ2v) is 5.64. The molecule has 2 nitrogen and oxygen atoms in total. The van der Waals surface area contributed by atoms with Crippen LogP contribution in [0.15, 0.2) is 48.5 Å². The summed E-state index contributed by atoms with van der Waals surface area (Å²) in [5.41, 5.74) is 2.31. The van der Waals surface area contributed by atoms with E-state index in [1.165, 1.54) is 5.56 Å². The number of hydrogen-bond acceptors (Lipinski definition) is 2. The Morgan fingerprint density at radius 1 is 1.10 bits per heavy atom. The molecule has 0 amide bonds. The molecule has 0 aliphatic carbocycles. The molecule has 0 spiro atoms. The van der Waals surface area contributed by atoms with Crippen LogP contribution in [0.1, 0.15) is 31.4 Å². The van der Waals surface area contributed by atoms with E-state index in [9.17, 15) is 0 Å². The Morgan fingerprint density at radius 3 is 2.52 bits per heavy atom. The second-order valence-electron chi connectivity index (χ2n) is 5.23. The third-order valence-corrected chi connectivity index (χ3v) is 3.80. The van der Waals surface area contributed by atoms with E-state index in [2.05, 4.69) is 25.2 Å². The molecule has 0 heterocycles. The van der Waals surface area contributed by atoms with Crippen molar-refractivity contribution in [3.8, 4) is 5.75 Å². The highest BCUT2D eigenvalue weighted by Crippen LogP contribution is 2.26. The summed E-state index contributed by atoms with van der Waals surface area (Å²) >= 11 is 6.29. The van der Waals surface area contributed by atoms with Gasteiger partial charge in [0.05, 0.1) is 5.02 Å². The first-order valence-corrected chi connectivity index (χ1v) is 7.75. The van der Waals surface area contributed by atoms with Gasteiger partial charge in [-0.3, -0.25) is 0 Å². The monoisotopic (exact) mass is 303 g/mol. The average molecular weight is 304 g/mol. The maximum Gasteiger partial charge on any atom is 0.138 e. The van der Waals surface area contributed by atoms with Crippen LogP contribution in [0.4, 0.5) is 0 Å². The molecule has 1 N–H and O–H groups in total. The maximum absolute atomic E-state index is 6.29. The fourth-order valence-corrected chi connectivity index (χ4v) is 2.20. The summed E-state index contributed by atoms with van der Waals surface area (Å²) in [5.74, 6) is 0.729. The van der Waals surface area contributed by atoms with Gasteiger partial charge in [-0.15, -0.1) is 0 Å². The molecule has 21 heavy (non-hydrogen) atoms. The van der Waals surface area contributed by atoms with E-state index in [1.807, 2.05) is 42.5 Å². The summed E-state index contributed by atoms with van der Waals surface area (Å²) in [7, 11) is 0. The highest BCUT2D eigenvalue weighted by atomic mass is 35.5. The van der Waals surface area contributed by atoms with Crippen molar-refractivity contribution in [2.45, 2.75) is 39.5 Å². The smallest absolute Gasteiger partial charge is 0.138 e. The van der Waals surface area contributed by atoms with Crippen molar-refractivity contribution >= 4 is 11.6 Å². The molecule has 2 aromatic carbocycles. The van der Waals surface area contributed by atoms with Gasteiger partial charge in [0.25, 0.3) is 0 Å². The first-order valence-electron chi connectivity index (χ1n) is 7.37. The first-order chi connectivity index (χ1) is 10.2. The van der Waals surface area contributed by atoms with E-state index in [1.54, 1.807) is 0 Å². The molecule has 2 rings (SSSR count). The third kappa shape index (κ3) is 5.07. The summed E-state index contributed by atoms with van der Waals surface area (Å²) in [5, 5.41) is 4.12. The molecule has 112 valence electrons. The predicted molar refractivity (Wildman–Crippen MR) is 88.8 cm³/mol. The van der Waals surface area contributed by atoms with Gasteiger partial charge in [0, 0.05) is 12.6 Å². The maximum atomic E-state index is 6.29.